The molecule has 1 atom stereocenters. The molecule has 0 aromatic carbocycles. The summed E-state index contributed by atoms with van der Waals surface area (Å²) in [4.78, 5) is 22.7. The molecule has 6 heteroatoms. The Balaban J connectivity index is 3.70. The van der Waals surface area contributed by atoms with Crippen molar-refractivity contribution >= 4 is 32.5 Å². The van der Waals surface area contributed by atoms with Crippen LogP contribution in [0.25, 0.3) is 0 Å². The highest BCUT2D eigenvalue weighted by Gasteiger charge is 2.01. The molecule has 122 valence electrons. The van der Waals surface area contributed by atoms with E-state index < -0.39 is 0 Å². The molecule has 0 aromatic rings. The van der Waals surface area contributed by atoms with E-state index in [1.807, 2.05) is 5.41 Å². The van der Waals surface area contributed by atoms with Crippen LogP contribution in [0, 0.1) is 5.92 Å². The third-order valence-electron chi connectivity index (χ3n) is 2.47. The summed E-state index contributed by atoms with van der Waals surface area (Å²) in [6.07, 6.45) is 4.72. The van der Waals surface area contributed by atoms with Crippen molar-refractivity contribution in [3.05, 3.63) is 23.6 Å². The molecule has 0 aliphatic heterocycles. The lowest BCUT2D eigenvalue weighted by Gasteiger charge is -2.13. The molecule has 2 N–H and O–H groups in total. The van der Waals surface area contributed by atoms with E-state index in [0.717, 1.165) is 12.2 Å². The van der Waals surface area contributed by atoms with Crippen molar-refractivity contribution in [3.8, 4) is 0 Å². The van der Waals surface area contributed by atoms with Gasteiger partial charge in [0.25, 0.3) is 0 Å². The van der Waals surface area contributed by atoms with Gasteiger partial charge in [0.1, 0.15) is 0 Å². The van der Waals surface area contributed by atoms with Gasteiger partial charge >= 0.3 is 0 Å². The largest absolute Gasteiger partial charge is 0.352 e. The number of thiol groups is 1. The summed E-state index contributed by atoms with van der Waals surface area (Å²) in [6, 6.07) is 0. The summed E-state index contributed by atoms with van der Waals surface area (Å²) in [5.41, 5.74) is 0.540. The quantitative estimate of drug-likeness (QED) is 0.249. The molecule has 4 nitrogen and oxygen atoms in total. The van der Waals surface area contributed by atoms with E-state index in [4.69, 9.17) is 0 Å². The Kier molecular flexibility index (Phi) is 11.3. The van der Waals surface area contributed by atoms with Gasteiger partial charge in [-0.15, -0.1) is 0 Å². The fourth-order valence-electron chi connectivity index (χ4n) is 1.27. The van der Waals surface area contributed by atoms with E-state index >= 15 is 0 Å². The van der Waals surface area contributed by atoms with Crippen LogP contribution < -0.4 is 10.6 Å². The molecule has 0 fully saturated rings. The number of hydrogen-bond acceptors (Lipinski definition) is 3. The fourth-order valence-corrected chi connectivity index (χ4v) is 3.88. The lowest BCUT2D eigenvalue weighted by molar-refractivity contribution is -0.117. The summed E-state index contributed by atoms with van der Waals surface area (Å²) in [7, 11) is 1.49. The molecule has 0 aliphatic rings. The van der Waals surface area contributed by atoms with Crippen LogP contribution >= 0.6 is 20.7 Å². The molecular formula is C15H28N2O2S2. The van der Waals surface area contributed by atoms with Crippen molar-refractivity contribution in [2.45, 2.75) is 27.2 Å². The highest BCUT2D eigenvalue weighted by Crippen LogP contribution is 2.37. The number of carbonyl (C=O) groups is 2. The van der Waals surface area contributed by atoms with Crippen molar-refractivity contribution < 1.29 is 9.59 Å². The standard InChI is InChI=1S/C15H28N2O2S2/c1-12(2)11-17-14(18)7-9-20-21(5)10-6-8-16-15(19)13(3)4/h7,9,12,21H,3,6,8,10-11H2,1-2,4-5H3,(H,16,19)(H,17,18)/b9-7+. The second-order valence-electron chi connectivity index (χ2n) is 5.29. The summed E-state index contributed by atoms with van der Waals surface area (Å²) in [5, 5.41) is 7.53. The van der Waals surface area contributed by atoms with Crippen molar-refractivity contribution in [2.75, 3.05) is 25.1 Å². The van der Waals surface area contributed by atoms with Gasteiger partial charge < -0.3 is 10.6 Å². The van der Waals surface area contributed by atoms with Crippen molar-refractivity contribution in [1.29, 1.82) is 0 Å². The van der Waals surface area contributed by atoms with E-state index in [0.29, 0.717) is 24.6 Å². The Hall–Kier alpha value is -0.880. The Labute approximate surface area is 135 Å². The van der Waals surface area contributed by atoms with Gasteiger partial charge in [-0.1, -0.05) is 31.2 Å². The van der Waals surface area contributed by atoms with Crippen LogP contribution in [-0.4, -0.2) is 36.9 Å². The Morgan fingerprint density at radius 3 is 2.57 bits per heavy atom. The number of carbonyl (C=O) groups excluding carboxylic acids is 2. The molecule has 0 saturated heterocycles. The Morgan fingerprint density at radius 2 is 2.00 bits per heavy atom. The van der Waals surface area contributed by atoms with E-state index in [9.17, 15) is 9.59 Å². The van der Waals surface area contributed by atoms with Gasteiger partial charge in [-0.2, -0.15) is 0 Å². The predicted molar refractivity (Wildman–Crippen MR) is 96.8 cm³/mol. The molecule has 2 amide bonds. The lowest BCUT2D eigenvalue weighted by atomic mass is 10.2. The first kappa shape index (κ1) is 20.1. The topological polar surface area (TPSA) is 58.2 Å². The van der Waals surface area contributed by atoms with Crippen LogP contribution in [0.1, 0.15) is 27.2 Å². The highest BCUT2D eigenvalue weighted by molar-refractivity contribution is 8.86. The zero-order chi connectivity index (χ0) is 16.3. The molecular weight excluding hydrogens is 304 g/mol. The lowest BCUT2D eigenvalue weighted by Crippen LogP contribution is -2.25. The molecule has 0 rings (SSSR count). The normalized spacial score (nSPS) is 13.3. The molecule has 0 radical (unpaired) electrons. The minimum Gasteiger partial charge on any atom is -0.352 e. The Morgan fingerprint density at radius 1 is 1.33 bits per heavy atom. The maximum absolute atomic E-state index is 11.5. The van der Waals surface area contributed by atoms with E-state index in [-0.39, 0.29) is 21.7 Å². The molecule has 0 bridgehead atoms. The average Bonchev–Trinajstić information content (AvgIpc) is 2.40. The number of hydrogen-bond donors (Lipinski definition) is 3. The van der Waals surface area contributed by atoms with E-state index in [1.54, 1.807) is 23.8 Å². The molecule has 0 aliphatic carbocycles. The monoisotopic (exact) mass is 332 g/mol. The summed E-state index contributed by atoms with van der Waals surface area (Å²) in [5.74, 6) is 1.40. The third-order valence-corrected chi connectivity index (χ3v) is 6.02. The highest BCUT2D eigenvalue weighted by atomic mass is 33.1. The number of nitrogens with one attached hydrogen (secondary N) is 2. The van der Waals surface area contributed by atoms with Crippen molar-refractivity contribution in [2.24, 2.45) is 5.92 Å². The van der Waals surface area contributed by atoms with Gasteiger partial charge in [-0.25, -0.2) is 9.93 Å². The zero-order valence-corrected chi connectivity index (χ0v) is 15.2. The third kappa shape index (κ3) is 12.6. The van der Waals surface area contributed by atoms with Gasteiger partial charge in [0.2, 0.25) is 11.8 Å². The predicted octanol–water partition coefficient (Wildman–Crippen LogP) is 2.63. The summed E-state index contributed by atoms with van der Waals surface area (Å²) < 4.78 is 0. The maximum Gasteiger partial charge on any atom is 0.246 e. The summed E-state index contributed by atoms with van der Waals surface area (Å²) >= 11 is 0. The Bertz CT molecular complexity index is 382. The number of amides is 2. The average molecular weight is 333 g/mol. The SMILES string of the molecule is C=C(C)C(=O)NCCC[SH](C)S/C=C/C(=O)NCC(C)C. The van der Waals surface area contributed by atoms with Gasteiger partial charge in [-0.3, -0.25) is 9.59 Å². The molecule has 0 heterocycles. The van der Waals surface area contributed by atoms with E-state index in [2.05, 4.69) is 37.3 Å². The van der Waals surface area contributed by atoms with Crippen LogP contribution in [0.2, 0.25) is 0 Å². The smallest absolute Gasteiger partial charge is 0.246 e. The van der Waals surface area contributed by atoms with Gasteiger partial charge in [0.05, 0.1) is 0 Å². The van der Waals surface area contributed by atoms with Crippen LogP contribution in [0.15, 0.2) is 23.6 Å². The first-order valence-electron chi connectivity index (χ1n) is 7.09. The molecule has 21 heavy (non-hydrogen) atoms. The fraction of sp³-hybridized carbons (Fsp3) is 0.600. The minimum atomic E-state index is -0.203. The van der Waals surface area contributed by atoms with Crippen LogP contribution in [0.5, 0.6) is 0 Å². The maximum atomic E-state index is 11.5. The van der Waals surface area contributed by atoms with Crippen LogP contribution in [-0.2, 0) is 9.59 Å². The molecule has 1 unspecified atom stereocenters. The summed E-state index contributed by atoms with van der Waals surface area (Å²) in [6.45, 7) is 10.8. The minimum absolute atomic E-state index is 0.0340. The van der Waals surface area contributed by atoms with Crippen LogP contribution in [0.3, 0.4) is 0 Å². The van der Waals surface area contributed by atoms with Gasteiger partial charge in [0, 0.05) is 24.7 Å². The van der Waals surface area contributed by atoms with E-state index in [1.165, 1.54) is 0 Å². The van der Waals surface area contributed by atoms with Gasteiger partial charge in [-0.05, 0) is 36.7 Å². The zero-order valence-electron chi connectivity index (χ0n) is 13.4. The van der Waals surface area contributed by atoms with Crippen molar-refractivity contribution in [3.63, 3.8) is 0 Å². The molecule has 0 aromatic heterocycles. The van der Waals surface area contributed by atoms with Gasteiger partial charge in [0.15, 0.2) is 0 Å². The molecule has 0 spiro atoms. The first-order valence-corrected chi connectivity index (χ1v) is 10.5. The first-order chi connectivity index (χ1) is 9.82. The second kappa shape index (κ2) is 11.7. The number of rotatable bonds is 10. The second-order valence-corrected chi connectivity index (χ2v) is 9.98. The van der Waals surface area contributed by atoms with Crippen LogP contribution in [0.4, 0.5) is 0 Å². The molecule has 0 saturated carbocycles. The van der Waals surface area contributed by atoms with Crippen molar-refractivity contribution in [1.82, 2.24) is 10.6 Å².